The highest BCUT2D eigenvalue weighted by Crippen LogP contribution is 2.30. The number of hydrogen-bond donors (Lipinski definition) is 2. The molecule has 0 aromatic rings. The Morgan fingerprint density at radius 1 is 1.64 bits per heavy atom. The smallest absolute Gasteiger partial charge is 0.0224 e. The summed E-state index contributed by atoms with van der Waals surface area (Å²) in [6.07, 6.45) is 2.50. The van der Waals surface area contributed by atoms with Gasteiger partial charge in [-0.15, -0.1) is 0 Å². The van der Waals surface area contributed by atoms with Gasteiger partial charge in [-0.3, -0.25) is 0 Å². The quantitative estimate of drug-likeness (QED) is 0.553. The van der Waals surface area contributed by atoms with Crippen molar-refractivity contribution in [3.8, 4) is 0 Å². The third kappa shape index (κ3) is 1.82. The van der Waals surface area contributed by atoms with Gasteiger partial charge in [-0.1, -0.05) is 13.8 Å². The summed E-state index contributed by atoms with van der Waals surface area (Å²) >= 11 is 0. The molecule has 1 fully saturated rings. The molecule has 0 atom stereocenters. The molecule has 0 aromatic heterocycles. The van der Waals surface area contributed by atoms with Crippen LogP contribution in [0.4, 0.5) is 0 Å². The molecule has 0 bridgehead atoms. The van der Waals surface area contributed by atoms with E-state index in [-0.39, 0.29) is 0 Å². The van der Waals surface area contributed by atoms with Crippen molar-refractivity contribution >= 4 is 6.21 Å². The molecule has 2 heteroatoms. The molecule has 0 radical (unpaired) electrons. The average molecular weight is 152 g/mol. The minimum atomic E-state index is 0.375. The van der Waals surface area contributed by atoms with E-state index in [1.54, 1.807) is 0 Å². The van der Waals surface area contributed by atoms with Gasteiger partial charge in [0.15, 0.2) is 0 Å². The molecule has 11 heavy (non-hydrogen) atoms. The lowest BCUT2D eigenvalue weighted by Gasteiger charge is -2.12. The fourth-order valence-electron chi connectivity index (χ4n) is 1.32. The molecule has 1 heterocycles. The molecule has 62 valence electrons. The molecule has 2 N–H and O–H groups in total. The molecule has 1 aliphatic rings. The average Bonchev–Trinajstić information content (AvgIpc) is 2.29. The zero-order valence-electron chi connectivity index (χ0n) is 7.49. The van der Waals surface area contributed by atoms with E-state index in [0.717, 1.165) is 18.5 Å². The highest BCUT2D eigenvalue weighted by Gasteiger charge is 2.26. The molecule has 0 unspecified atom stereocenters. The van der Waals surface area contributed by atoms with Crippen LogP contribution in [0.3, 0.4) is 0 Å². The molecule has 0 aromatic carbocycles. The Balaban J connectivity index is 2.75. The fourth-order valence-corrected chi connectivity index (χ4v) is 1.32. The summed E-state index contributed by atoms with van der Waals surface area (Å²) < 4.78 is 0. The Kier molecular flexibility index (Phi) is 2.03. The molecule has 1 saturated heterocycles. The van der Waals surface area contributed by atoms with Crippen LogP contribution in [0.5, 0.6) is 0 Å². The summed E-state index contributed by atoms with van der Waals surface area (Å²) in [5.41, 5.74) is 2.68. The van der Waals surface area contributed by atoms with Gasteiger partial charge >= 0.3 is 0 Å². The third-order valence-electron chi connectivity index (χ3n) is 2.13. The Morgan fingerprint density at radius 2 is 2.27 bits per heavy atom. The van der Waals surface area contributed by atoms with Crippen molar-refractivity contribution in [1.82, 2.24) is 5.32 Å². The number of rotatable bonds is 1. The summed E-state index contributed by atoms with van der Waals surface area (Å²) in [5, 5.41) is 10.4. The van der Waals surface area contributed by atoms with Gasteiger partial charge in [-0.05, 0) is 24.3 Å². The van der Waals surface area contributed by atoms with E-state index in [4.69, 9.17) is 5.41 Å². The van der Waals surface area contributed by atoms with Gasteiger partial charge in [-0.25, -0.2) is 0 Å². The molecule has 1 aliphatic heterocycles. The summed E-state index contributed by atoms with van der Waals surface area (Å²) in [6.45, 7) is 7.50. The first-order valence-corrected chi connectivity index (χ1v) is 3.99. The minimum Gasteiger partial charge on any atom is -0.388 e. The summed E-state index contributed by atoms with van der Waals surface area (Å²) in [4.78, 5) is 0. The second-order valence-corrected chi connectivity index (χ2v) is 4.00. The molecule has 0 aliphatic carbocycles. The van der Waals surface area contributed by atoms with Crippen LogP contribution in [0.1, 0.15) is 27.2 Å². The van der Waals surface area contributed by atoms with E-state index < -0.39 is 0 Å². The van der Waals surface area contributed by atoms with Crippen molar-refractivity contribution in [2.24, 2.45) is 5.41 Å². The Bertz CT molecular complexity index is 202. The van der Waals surface area contributed by atoms with E-state index in [9.17, 15) is 0 Å². The van der Waals surface area contributed by atoms with Crippen LogP contribution in [-0.4, -0.2) is 12.8 Å². The first-order chi connectivity index (χ1) is 5.05. The van der Waals surface area contributed by atoms with E-state index in [1.807, 2.05) is 6.92 Å². The van der Waals surface area contributed by atoms with Crippen LogP contribution in [0.15, 0.2) is 11.3 Å². The van der Waals surface area contributed by atoms with Crippen molar-refractivity contribution < 1.29 is 0 Å². The zero-order chi connectivity index (χ0) is 8.48. The molecule has 2 nitrogen and oxygen atoms in total. The van der Waals surface area contributed by atoms with Gasteiger partial charge < -0.3 is 10.7 Å². The van der Waals surface area contributed by atoms with Gasteiger partial charge in [0.05, 0.1) is 0 Å². The van der Waals surface area contributed by atoms with Gasteiger partial charge in [0.1, 0.15) is 0 Å². The van der Waals surface area contributed by atoms with Crippen molar-refractivity contribution in [3.05, 3.63) is 11.3 Å². The lowest BCUT2D eigenvalue weighted by atomic mass is 9.91. The molecule has 0 spiro atoms. The van der Waals surface area contributed by atoms with Crippen molar-refractivity contribution in [3.63, 3.8) is 0 Å². The molecule has 1 rings (SSSR count). The standard InChI is InChI=1S/C9H16N2/c1-7(5-10)8-4-9(2,3)6-11-8/h5,10-11H,4,6H2,1-3H3/b8-7-,10-5?. The van der Waals surface area contributed by atoms with Gasteiger partial charge in [0, 0.05) is 18.5 Å². The lowest BCUT2D eigenvalue weighted by molar-refractivity contribution is 0.417. The maximum atomic E-state index is 7.08. The normalized spacial score (nSPS) is 26.1. The van der Waals surface area contributed by atoms with E-state index >= 15 is 0 Å². The monoisotopic (exact) mass is 152 g/mol. The van der Waals surface area contributed by atoms with Crippen LogP contribution < -0.4 is 5.32 Å². The van der Waals surface area contributed by atoms with Gasteiger partial charge in [-0.2, -0.15) is 0 Å². The number of nitrogens with one attached hydrogen (secondary N) is 2. The van der Waals surface area contributed by atoms with E-state index in [1.165, 1.54) is 11.9 Å². The van der Waals surface area contributed by atoms with Gasteiger partial charge in [0.25, 0.3) is 0 Å². The van der Waals surface area contributed by atoms with E-state index in [2.05, 4.69) is 19.2 Å². The highest BCUT2D eigenvalue weighted by atomic mass is 14.9. The highest BCUT2D eigenvalue weighted by molar-refractivity contribution is 5.76. The second kappa shape index (κ2) is 2.68. The van der Waals surface area contributed by atoms with Crippen molar-refractivity contribution in [2.45, 2.75) is 27.2 Å². The summed E-state index contributed by atoms with van der Waals surface area (Å²) in [5.74, 6) is 0. The Hall–Kier alpha value is -0.790. The van der Waals surface area contributed by atoms with Crippen LogP contribution in [-0.2, 0) is 0 Å². The predicted octanol–water partition coefficient (Wildman–Crippen LogP) is 1.93. The molecule has 0 saturated carbocycles. The number of hydrogen-bond acceptors (Lipinski definition) is 2. The lowest BCUT2D eigenvalue weighted by Crippen LogP contribution is -2.15. The minimum absolute atomic E-state index is 0.375. The zero-order valence-corrected chi connectivity index (χ0v) is 7.49. The molecule has 0 amide bonds. The summed E-state index contributed by atoms with van der Waals surface area (Å²) in [7, 11) is 0. The van der Waals surface area contributed by atoms with E-state index in [0.29, 0.717) is 5.41 Å². The summed E-state index contributed by atoms with van der Waals surface area (Å²) in [6, 6.07) is 0. The second-order valence-electron chi connectivity index (χ2n) is 4.00. The topological polar surface area (TPSA) is 35.9 Å². The van der Waals surface area contributed by atoms with Crippen LogP contribution >= 0.6 is 0 Å². The fraction of sp³-hybridized carbons (Fsp3) is 0.667. The Morgan fingerprint density at radius 3 is 2.64 bits per heavy atom. The molecular weight excluding hydrogens is 136 g/mol. The Labute approximate surface area is 68.2 Å². The SMILES string of the molecule is C/C(C=N)=C1\CC(C)(C)CN1. The van der Waals surface area contributed by atoms with Crippen molar-refractivity contribution in [2.75, 3.05) is 6.54 Å². The van der Waals surface area contributed by atoms with Crippen LogP contribution in [0, 0.1) is 10.8 Å². The van der Waals surface area contributed by atoms with Crippen LogP contribution in [0.2, 0.25) is 0 Å². The first kappa shape index (κ1) is 8.31. The van der Waals surface area contributed by atoms with Crippen LogP contribution in [0.25, 0.3) is 0 Å². The number of allylic oxidation sites excluding steroid dienone is 2. The maximum Gasteiger partial charge on any atom is 0.0224 e. The largest absolute Gasteiger partial charge is 0.388 e. The maximum absolute atomic E-state index is 7.08. The first-order valence-electron chi connectivity index (χ1n) is 3.99. The molecular formula is C9H16N2. The van der Waals surface area contributed by atoms with Crippen molar-refractivity contribution in [1.29, 1.82) is 5.41 Å². The third-order valence-corrected chi connectivity index (χ3v) is 2.13. The van der Waals surface area contributed by atoms with Gasteiger partial charge in [0.2, 0.25) is 0 Å². The predicted molar refractivity (Wildman–Crippen MR) is 47.9 cm³/mol.